The van der Waals surface area contributed by atoms with Crippen LogP contribution in [0.4, 0.5) is 0 Å². The third kappa shape index (κ3) is 5.25. The van der Waals surface area contributed by atoms with E-state index in [-0.39, 0.29) is 18.2 Å². The van der Waals surface area contributed by atoms with E-state index in [2.05, 4.69) is 12.2 Å². The van der Waals surface area contributed by atoms with Gasteiger partial charge in [-0.1, -0.05) is 32.6 Å². The summed E-state index contributed by atoms with van der Waals surface area (Å²) in [5.41, 5.74) is 0.787. The molecule has 0 fully saturated rings. The topological polar surface area (TPSA) is 71.3 Å². The van der Waals surface area contributed by atoms with Gasteiger partial charge in [-0.3, -0.25) is 9.59 Å². The summed E-state index contributed by atoms with van der Waals surface area (Å²) in [6.07, 6.45) is 5.99. The first-order valence-electron chi connectivity index (χ1n) is 7.62. The smallest absolute Gasteiger partial charge is 0.223 e. The van der Waals surface area contributed by atoms with Crippen LogP contribution in [0.2, 0.25) is 0 Å². The Bertz CT molecular complexity index is 535. The lowest BCUT2D eigenvalue weighted by atomic mass is 10.1. The van der Waals surface area contributed by atoms with E-state index in [1.54, 1.807) is 18.5 Å². The fraction of sp³-hybridized carbons (Fsp3) is 0.625. The zero-order chi connectivity index (χ0) is 15.8. The van der Waals surface area contributed by atoms with E-state index < -0.39 is 5.43 Å². The molecule has 0 unspecified atom stereocenters. The minimum Gasteiger partial charge on any atom is -0.503 e. The van der Waals surface area contributed by atoms with Gasteiger partial charge in [-0.25, -0.2) is 0 Å². The number of nitrogens with zero attached hydrogens (tertiary/aromatic N) is 1. The number of hydrogen-bond acceptors (Lipinski definition) is 3. The van der Waals surface area contributed by atoms with Gasteiger partial charge in [0.05, 0.1) is 12.2 Å². The molecule has 5 heteroatoms. The van der Waals surface area contributed by atoms with Crippen molar-refractivity contribution < 1.29 is 9.90 Å². The van der Waals surface area contributed by atoms with E-state index in [4.69, 9.17) is 0 Å². The normalized spacial score (nSPS) is 10.6. The number of aryl methyl sites for hydroxylation is 1. The number of rotatable bonds is 8. The van der Waals surface area contributed by atoms with Crippen molar-refractivity contribution in [1.29, 1.82) is 0 Å². The Morgan fingerprint density at radius 3 is 2.62 bits per heavy atom. The highest BCUT2D eigenvalue weighted by Crippen LogP contribution is 2.12. The molecule has 5 nitrogen and oxygen atoms in total. The van der Waals surface area contributed by atoms with E-state index in [9.17, 15) is 14.7 Å². The highest BCUT2D eigenvalue weighted by atomic mass is 16.3. The Morgan fingerprint density at radius 2 is 1.95 bits per heavy atom. The second-order valence-corrected chi connectivity index (χ2v) is 5.45. The van der Waals surface area contributed by atoms with Gasteiger partial charge in [-0.05, 0) is 13.3 Å². The minimum atomic E-state index is -0.408. The Balaban J connectivity index is 2.49. The van der Waals surface area contributed by atoms with E-state index in [0.717, 1.165) is 25.0 Å². The second kappa shape index (κ2) is 8.49. The van der Waals surface area contributed by atoms with Crippen molar-refractivity contribution in [2.75, 3.05) is 0 Å². The predicted molar refractivity (Wildman–Crippen MR) is 83.3 cm³/mol. The molecule has 1 rings (SSSR count). The summed E-state index contributed by atoms with van der Waals surface area (Å²) in [4.78, 5) is 23.3. The first-order valence-corrected chi connectivity index (χ1v) is 7.62. The summed E-state index contributed by atoms with van der Waals surface area (Å²) in [5.74, 6) is -0.328. The van der Waals surface area contributed by atoms with Gasteiger partial charge in [0.2, 0.25) is 11.3 Å². The first kappa shape index (κ1) is 17.3. The zero-order valence-corrected chi connectivity index (χ0v) is 13.2. The predicted octanol–water partition coefficient (Wildman–Crippen LogP) is 2.38. The molecule has 0 aliphatic rings. The van der Waals surface area contributed by atoms with Crippen LogP contribution in [-0.4, -0.2) is 15.6 Å². The minimum absolute atomic E-state index is 0.0418. The number of amides is 1. The molecule has 0 aliphatic heterocycles. The first-order chi connectivity index (χ1) is 9.97. The van der Waals surface area contributed by atoms with Crippen molar-refractivity contribution in [1.82, 2.24) is 9.88 Å². The molecular formula is C16H26N2O3. The monoisotopic (exact) mass is 294 g/mol. The SMILES string of the molecule is CCCCCCCC(=O)NCc1c(O)c(=O)cc(C)n1C. The largest absolute Gasteiger partial charge is 0.503 e. The van der Waals surface area contributed by atoms with Crippen LogP contribution in [0.15, 0.2) is 10.9 Å². The van der Waals surface area contributed by atoms with Gasteiger partial charge in [-0.2, -0.15) is 0 Å². The number of nitrogens with one attached hydrogen (secondary N) is 1. The molecule has 0 aliphatic carbocycles. The molecule has 118 valence electrons. The summed E-state index contributed by atoms with van der Waals surface area (Å²) < 4.78 is 1.72. The molecule has 1 amide bonds. The van der Waals surface area contributed by atoms with E-state index in [1.807, 2.05) is 0 Å². The molecule has 0 spiro atoms. The Morgan fingerprint density at radius 1 is 1.29 bits per heavy atom. The maximum absolute atomic E-state index is 11.8. The molecule has 1 heterocycles. The number of hydrogen-bond donors (Lipinski definition) is 2. The molecule has 21 heavy (non-hydrogen) atoms. The van der Waals surface area contributed by atoms with E-state index in [0.29, 0.717) is 12.1 Å². The average molecular weight is 294 g/mol. The van der Waals surface area contributed by atoms with E-state index >= 15 is 0 Å². The van der Waals surface area contributed by atoms with Gasteiger partial charge in [0, 0.05) is 25.2 Å². The van der Waals surface area contributed by atoms with Crippen LogP contribution >= 0.6 is 0 Å². The van der Waals surface area contributed by atoms with Crippen LogP contribution in [0, 0.1) is 6.92 Å². The number of aromatic hydroxyl groups is 1. The molecule has 0 aromatic carbocycles. The maximum Gasteiger partial charge on any atom is 0.223 e. The van der Waals surface area contributed by atoms with Crippen LogP contribution in [-0.2, 0) is 18.4 Å². The molecule has 0 bridgehead atoms. The van der Waals surface area contributed by atoms with Crippen molar-refractivity contribution in [3.63, 3.8) is 0 Å². The number of unbranched alkanes of at least 4 members (excludes halogenated alkanes) is 4. The van der Waals surface area contributed by atoms with Gasteiger partial charge in [-0.15, -0.1) is 0 Å². The maximum atomic E-state index is 11.8. The summed E-state index contributed by atoms with van der Waals surface area (Å²) in [6, 6.07) is 1.38. The van der Waals surface area contributed by atoms with Gasteiger partial charge in [0.1, 0.15) is 0 Å². The van der Waals surface area contributed by atoms with Crippen molar-refractivity contribution in [2.24, 2.45) is 7.05 Å². The number of carbonyl (C=O) groups is 1. The average Bonchev–Trinajstić information content (AvgIpc) is 2.45. The van der Waals surface area contributed by atoms with Crippen molar-refractivity contribution in [2.45, 2.75) is 58.9 Å². The Labute approximate surface area is 126 Å². The summed E-state index contributed by atoms with van der Waals surface area (Å²) in [5, 5.41) is 12.6. The van der Waals surface area contributed by atoms with Gasteiger partial charge in [0.15, 0.2) is 5.75 Å². The standard InChI is InChI=1S/C16H26N2O3/c1-4-5-6-7-8-9-15(20)17-11-13-16(21)14(19)10-12(2)18(13)3/h10,21H,4-9,11H2,1-3H3,(H,17,20). The number of carbonyl (C=O) groups excluding carboxylic acids is 1. The summed E-state index contributed by atoms with van der Waals surface area (Å²) in [6.45, 7) is 4.12. The van der Waals surface area contributed by atoms with E-state index in [1.165, 1.54) is 18.9 Å². The van der Waals surface area contributed by atoms with Gasteiger partial charge in [0.25, 0.3) is 0 Å². The zero-order valence-electron chi connectivity index (χ0n) is 13.2. The molecule has 1 aromatic rings. The van der Waals surface area contributed by atoms with Crippen LogP contribution in [0.25, 0.3) is 0 Å². The van der Waals surface area contributed by atoms with Crippen LogP contribution in [0.1, 0.15) is 56.8 Å². The lowest BCUT2D eigenvalue weighted by molar-refractivity contribution is -0.121. The molecule has 0 saturated carbocycles. The lowest BCUT2D eigenvalue weighted by Crippen LogP contribution is -2.26. The van der Waals surface area contributed by atoms with Gasteiger partial charge >= 0.3 is 0 Å². The quantitative estimate of drug-likeness (QED) is 0.723. The third-order valence-corrected chi connectivity index (χ3v) is 3.74. The van der Waals surface area contributed by atoms with Crippen molar-refractivity contribution in [3.05, 3.63) is 27.7 Å². The summed E-state index contributed by atoms with van der Waals surface area (Å²) >= 11 is 0. The fourth-order valence-electron chi connectivity index (χ4n) is 2.23. The lowest BCUT2D eigenvalue weighted by Gasteiger charge is -2.14. The van der Waals surface area contributed by atoms with Gasteiger partial charge < -0.3 is 15.0 Å². The molecule has 0 atom stereocenters. The van der Waals surface area contributed by atoms with Crippen LogP contribution in [0.5, 0.6) is 5.75 Å². The highest BCUT2D eigenvalue weighted by Gasteiger charge is 2.11. The number of aromatic nitrogens is 1. The van der Waals surface area contributed by atoms with Crippen LogP contribution < -0.4 is 10.7 Å². The van der Waals surface area contributed by atoms with Crippen molar-refractivity contribution in [3.8, 4) is 5.75 Å². The molecule has 0 saturated heterocycles. The summed E-state index contributed by atoms with van der Waals surface area (Å²) in [7, 11) is 1.76. The molecule has 2 N–H and O–H groups in total. The number of pyridine rings is 1. The molecular weight excluding hydrogens is 268 g/mol. The Hall–Kier alpha value is -1.78. The second-order valence-electron chi connectivity index (χ2n) is 5.45. The molecule has 1 aromatic heterocycles. The Kier molecular flexibility index (Phi) is 6.99. The molecule has 0 radical (unpaired) electrons. The highest BCUT2D eigenvalue weighted by molar-refractivity contribution is 5.75. The fourth-order valence-corrected chi connectivity index (χ4v) is 2.23. The van der Waals surface area contributed by atoms with Crippen LogP contribution in [0.3, 0.4) is 0 Å². The van der Waals surface area contributed by atoms with Crippen molar-refractivity contribution >= 4 is 5.91 Å². The third-order valence-electron chi connectivity index (χ3n) is 3.74.